The Hall–Kier alpha value is -2.08. The number of rotatable bonds is 7. The standard InChI is InChI=1S/C16H22N2O4/c19-10-9-17-14-8-4-3-7-13(14)16(21)22-11-15(20)18-12-5-1-2-6-12/h3-4,7-8,12,17,19H,1-2,5-6,9-11H2,(H,18,20). The summed E-state index contributed by atoms with van der Waals surface area (Å²) in [7, 11) is 0. The number of carbonyl (C=O) groups excluding carboxylic acids is 2. The van der Waals surface area contributed by atoms with Crippen LogP contribution in [0.3, 0.4) is 0 Å². The molecule has 0 spiro atoms. The number of esters is 1. The third-order valence-corrected chi connectivity index (χ3v) is 3.63. The zero-order chi connectivity index (χ0) is 15.8. The Labute approximate surface area is 129 Å². The van der Waals surface area contributed by atoms with Crippen molar-refractivity contribution in [2.45, 2.75) is 31.7 Å². The Morgan fingerprint density at radius 2 is 1.95 bits per heavy atom. The number of benzene rings is 1. The van der Waals surface area contributed by atoms with E-state index in [0.717, 1.165) is 25.7 Å². The van der Waals surface area contributed by atoms with Gasteiger partial charge in [-0.1, -0.05) is 25.0 Å². The molecule has 0 bridgehead atoms. The van der Waals surface area contributed by atoms with Crippen LogP contribution in [0.2, 0.25) is 0 Å². The highest BCUT2D eigenvalue weighted by Crippen LogP contribution is 2.18. The monoisotopic (exact) mass is 306 g/mol. The molecule has 1 fully saturated rings. The minimum atomic E-state index is -0.553. The van der Waals surface area contributed by atoms with Crippen LogP contribution in [0.1, 0.15) is 36.0 Å². The molecule has 0 aliphatic heterocycles. The van der Waals surface area contributed by atoms with Crippen molar-refractivity contribution in [3.63, 3.8) is 0 Å². The number of ether oxygens (including phenoxy) is 1. The van der Waals surface area contributed by atoms with Crippen LogP contribution in [-0.2, 0) is 9.53 Å². The Morgan fingerprint density at radius 1 is 1.23 bits per heavy atom. The van der Waals surface area contributed by atoms with Gasteiger partial charge in [0, 0.05) is 18.3 Å². The Kier molecular flexibility index (Phi) is 6.21. The van der Waals surface area contributed by atoms with Crippen LogP contribution in [0.15, 0.2) is 24.3 Å². The Bertz CT molecular complexity index is 513. The lowest BCUT2D eigenvalue weighted by Crippen LogP contribution is -2.35. The number of amides is 1. The van der Waals surface area contributed by atoms with Crippen molar-refractivity contribution >= 4 is 17.6 Å². The third kappa shape index (κ3) is 4.73. The Morgan fingerprint density at radius 3 is 2.68 bits per heavy atom. The molecule has 2 rings (SSSR count). The van der Waals surface area contributed by atoms with Crippen molar-refractivity contribution in [2.75, 3.05) is 25.1 Å². The Balaban J connectivity index is 1.84. The number of hydrogen-bond acceptors (Lipinski definition) is 5. The van der Waals surface area contributed by atoms with Crippen molar-refractivity contribution in [3.8, 4) is 0 Å². The molecule has 3 N–H and O–H groups in total. The van der Waals surface area contributed by atoms with E-state index < -0.39 is 5.97 Å². The van der Waals surface area contributed by atoms with E-state index in [9.17, 15) is 9.59 Å². The van der Waals surface area contributed by atoms with E-state index in [1.807, 2.05) is 0 Å². The molecule has 1 aromatic carbocycles. The van der Waals surface area contributed by atoms with Gasteiger partial charge in [0.1, 0.15) is 0 Å². The lowest BCUT2D eigenvalue weighted by Gasteiger charge is -2.13. The maximum absolute atomic E-state index is 12.1. The number of nitrogens with one attached hydrogen (secondary N) is 2. The van der Waals surface area contributed by atoms with Gasteiger partial charge in [-0.2, -0.15) is 0 Å². The smallest absolute Gasteiger partial charge is 0.340 e. The van der Waals surface area contributed by atoms with E-state index in [1.54, 1.807) is 24.3 Å². The molecule has 0 radical (unpaired) electrons. The first-order valence-corrected chi connectivity index (χ1v) is 7.61. The zero-order valence-electron chi connectivity index (χ0n) is 12.5. The fourth-order valence-electron chi connectivity index (χ4n) is 2.55. The second-order valence-electron chi connectivity index (χ2n) is 5.32. The summed E-state index contributed by atoms with van der Waals surface area (Å²) in [6, 6.07) is 7.06. The molecule has 1 aromatic rings. The minimum absolute atomic E-state index is 0.0345. The molecule has 1 amide bonds. The van der Waals surface area contributed by atoms with Crippen LogP contribution in [0, 0.1) is 0 Å². The fraction of sp³-hybridized carbons (Fsp3) is 0.500. The number of aliphatic hydroxyl groups is 1. The lowest BCUT2D eigenvalue weighted by molar-refractivity contribution is -0.124. The van der Waals surface area contributed by atoms with Crippen molar-refractivity contribution in [2.24, 2.45) is 0 Å². The molecular weight excluding hydrogens is 284 g/mol. The molecule has 6 nitrogen and oxygen atoms in total. The molecule has 1 aliphatic carbocycles. The van der Waals surface area contributed by atoms with Crippen LogP contribution in [-0.4, -0.2) is 42.8 Å². The molecule has 22 heavy (non-hydrogen) atoms. The summed E-state index contributed by atoms with van der Waals surface area (Å²) in [4.78, 5) is 23.8. The molecule has 0 saturated heterocycles. The number of anilines is 1. The highest BCUT2D eigenvalue weighted by molar-refractivity contribution is 5.96. The molecule has 0 unspecified atom stereocenters. The molecule has 0 aromatic heterocycles. The lowest BCUT2D eigenvalue weighted by atomic mass is 10.2. The van der Waals surface area contributed by atoms with E-state index in [1.165, 1.54) is 0 Å². The van der Waals surface area contributed by atoms with Crippen molar-refractivity contribution in [1.29, 1.82) is 0 Å². The third-order valence-electron chi connectivity index (χ3n) is 3.63. The summed E-state index contributed by atoms with van der Waals surface area (Å²) in [5.41, 5.74) is 0.933. The number of hydrogen-bond donors (Lipinski definition) is 3. The van der Waals surface area contributed by atoms with Crippen molar-refractivity contribution in [3.05, 3.63) is 29.8 Å². The van der Waals surface area contributed by atoms with E-state index >= 15 is 0 Å². The topological polar surface area (TPSA) is 87.7 Å². The molecule has 0 atom stereocenters. The van der Waals surface area contributed by atoms with Crippen LogP contribution in [0.5, 0.6) is 0 Å². The molecule has 1 aliphatic rings. The molecule has 120 valence electrons. The van der Waals surface area contributed by atoms with Gasteiger partial charge >= 0.3 is 5.97 Å². The van der Waals surface area contributed by atoms with Gasteiger partial charge in [0.2, 0.25) is 0 Å². The van der Waals surface area contributed by atoms with Gasteiger partial charge in [0.05, 0.1) is 12.2 Å². The van der Waals surface area contributed by atoms with E-state index in [4.69, 9.17) is 9.84 Å². The van der Waals surface area contributed by atoms with Gasteiger partial charge in [-0.25, -0.2) is 4.79 Å². The first-order valence-electron chi connectivity index (χ1n) is 7.61. The van der Waals surface area contributed by atoms with Gasteiger partial charge < -0.3 is 20.5 Å². The highest BCUT2D eigenvalue weighted by atomic mass is 16.5. The predicted octanol–water partition coefficient (Wildman–Crippen LogP) is 1.31. The van der Waals surface area contributed by atoms with E-state index in [0.29, 0.717) is 17.8 Å². The number of aliphatic hydroxyl groups excluding tert-OH is 1. The van der Waals surface area contributed by atoms with Gasteiger partial charge in [-0.05, 0) is 25.0 Å². The summed E-state index contributed by atoms with van der Waals surface area (Å²) in [6.45, 7) is 0.0311. The first kappa shape index (κ1) is 16.3. The summed E-state index contributed by atoms with van der Waals surface area (Å²) in [5.74, 6) is -0.816. The molecule has 0 heterocycles. The largest absolute Gasteiger partial charge is 0.452 e. The number of para-hydroxylation sites is 1. The second kappa shape index (κ2) is 8.38. The van der Waals surface area contributed by atoms with Gasteiger partial charge in [0.15, 0.2) is 6.61 Å². The maximum atomic E-state index is 12.1. The summed E-state index contributed by atoms with van der Waals surface area (Å²) >= 11 is 0. The van der Waals surface area contributed by atoms with Crippen LogP contribution in [0.25, 0.3) is 0 Å². The second-order valence-corrected chi connectivity index (χ2v) is 5.32. The molecule has 1 saturated carbocycles. The van der Waals surface area contributed by atoms with Crippen LogP contribution >= 0.6 is 0 Å². The first-order chi connectivity index (χ1) is 10.7. The van der Waals surface area contributed by atoms with Gasteiger partial charge in [-0.15, -0.1) is 0 Å². The zero-order valence-corrected chi connectivity index (χ0v) is 12.5. The van der Waals surface area contributed by atoms with Crippen molar-refractivity contribution < 1.29 is 19.4 Å². The fourth-order valence-corrected chi connectivity index (χ4v) is 2.55. The molecular formula is C16H22N2O4. The summed E-state index contributed by atoms with van der Waals surface area (Å²) < 4.78 is 5.07. The molecule has 6 heteroatoms. The van der Waals surface area contributed by atoms with Gasteiger partial charge in [0.25, 0.3) is 5.91 Å². The van der Waals surface area contributed by atoms with Crippen molar-refractivity contribution in [1.82, 2.24) is 5.32 Å². The summed E-state index contributed by atoms with van der Waals surface area (Å²) in [5, 5.41) is 14.6. The van der Waals surface area contributed by atoms with E-state index in [2.05, 4.69) is 10.6 Å². The van der Waals surface area contributed by atoms with E-state index in [-0.39, 0.29) is 25.2 Å². The maximum Gasteiger partial charge on any atom is 0.340 e. The quantitative estimate of drug-likeness (QED) is 0.661. The highest BCUT2D eigenvalue weighted by Gasteiger charge is 2.19. The predicted molar refractivity (Wildman–Crippen MR) is 82.7 cm³/mol. The summed E-state index contributed by atoms with van der Waals surface area (Å²) in [6.07, 6.45) is 4.25. The minimum Gasteiger partial charge on any atom is -0.452 e. The average Bonchev–Trinajstić information content (AvgIpc) is 3.03. The SMILES string of the molecule is O=C(COC(=O)c1ccccc1NCCO)NC1CCCC1. The van der Waals surface area contributed by atoms with Crippen LogP contribution in [0.4, 0.5) is 5.69 Å². The van der Waals surface area contributed by atoms with Gasteiger partial charge in [-0.3, -0.25) is 4.79 Å². The number of carbonyl (C=O) groups is 2. The van der Waals surface area contributed by atoms with Crippen LogP contribution < -0.4 is 10.6 Å². The average molecular weight is 306 g/mol. The normalized spacial score (nSPS) is 14.6.